The van der Waals surface area contributed by atoms with Crippen molar-refractivity contribution in [2.24, 2.45) is 5.92 Å². The number of nitrogens with one attached hydrogen (secondary N) is 2. The Labute approximate surface area is 126 Å². The van der Waals surface area contributed by atoms with Crippen molar-refractivity contribution in [1.29, 1.82) is 0 Å². The fourth-order valence-electron chi connectivity index (χ4n) is 2.47. The predicted octanol–water partition coefficient (Wildman–Crippen LogP) is 2.63. The van der Waals surface area contributed by atoms with Gasteiger partial charge in [0.05, 0.1) is 4.90 Å². The van der Waals surface area contributed by atoms with Crippen LogP contribution < -0.4 is 10.0 Å². The lowest BCUT2D eigenvalue weighted by Crippen LogP contribution is -2.27. The summed E-state index contributed by atoms with van der Waals surface area (Å²) in [5.74, 6) is 0.537. The maximum atomic E-state index is 12.4. The Hall–Kier alpha value is -0.430. The van der Waals surface area contributed by atoms with E-state index in [0.717, 1.165) is 42.1 Å². The van der Waals surface area contributed by atoms with Gasteiger partial charge < -0.3 is 5.32 Å². The first-order chi connectivity index (χ1) is 9.47. The van der Waals surface area contributed by atoms with Crippen molar-refractivity contribution in [3.8, 4) is 0 Å². The summed E-state index contributed by atoms with van der Waals surface area (Å²) < 4.78 is 27.7. The van der Waals surface area contributed by atoms with E-state index in [1.54, 1.807) is 11.3 Å². The summed E-state index contributed by atoms with van der Waals surface area (Å²) in [4.78, 5) is 2.40. The van der Waals surface area contributed by atoms with E-state index in [9.17, 15) is 8.42 Å². The van der Waals surface area contributed by atoms with Gasteiger partial charge in [0.25, 0.3) is 0 Å². The molecule has 1 aromatic rings. The number of sulfonamides is 1. The highest BCUT2D eigenvalue weighted by Gasteiger charge is 2.39. The van der Waals surface area contributed by atoms with Crippen LogP contribution in [0.5, 0.6) is 0 Å². The van der Waals surface area contributed by atoms with E-state index in [1.807, 2.05) is 19.9 Å². The van der Waals surface area contributed by atoms with Gasteiger partial charge in [0.1, 0.15) is 0 Å². The van der Waals surface area contributed by atoms with Gasteiger partial charge >= 0.3 is 0 Å². The quantitative estimate of drug-likeness (QED) is 0.775. The van der Waals surface area contributed by atoms with Crippen LogP contribution in [0.1, 0.15) is 42.9 Å². The minimum atomic E-state index is -3.35. The monoisotopic (exact) mass is 316 g/mol. The van der Waals surface area contributed by atoms with Crippen molar-refractivity contribution in [3.05, 3.63) is 15.8 Å². The van der Waals surface area contributed by atoms with E-state index in [2.05, 4.69) is 17.0 Å². The number of hydrogen-bond acceptors (Lipinski definition) is 4. The van der Waals surface area contributed by atoms with E-state index in [4.69, 9.17) is 0 Å². The number of hydrogen-bond donors (Lipinski definition) is 2. The fourth-order valence-corrected chi connectivity index (χ4v) is 5.39. The summed E-state index contributed by atoms with van der Waals surface area (Å²) in [6.07, 6.45) is 3.22. The lowest BCUT2D eigenvalue weighted by atomic mass is 10.2. The van der Waals surface area contributed by atoms with Crippen LogP contribution in [-0.2, 0) is 16.6 Å². The lowest BCUT2D eigenvalue weighted by Gasteiger charge is -2.05. The van der Waals surface area contributed by atoms with Crippen molar-refractivity contribution in [3.63, 3.8) is 0 Å². The Morgan fingerprint density at radius 3 is 2.80 bits per heavy atom. The smallest absolute Gasteiger partial charge is 0.241 e. The first kappa shape index (κ1) is 15.9. The Morgan fingerprint density at radius 1 is 1.40 bits per heavy atom. The third-order valence-electron chi connectivity index (χ3n) is 3.65. The van der Waals surface area contributed by atoms with Gasteiger partial charge in [-0.05, 0) is 38.3 Å². The summed E-state index contributed by atoms with van der Waals surface area (Å²) in [7, 11) is -3.35. The third kappa shape index (κ3) is 3.81. The lowest BCUT2D eigenvalue weighted by molar-refractivity contribution is 0.573. The minimum Gasteiger partial charge on any atom is -0.312 e. The van der Waals surface area contributed by atoms with Crippen molar-refractivity contribution >= 4 is 21.4 Å². The molecule has 1 aromatic heterocycles. The number of aryl methyl sites for hydroxylation is 1. The molecule has 20 heavy (non-hydrogen) atoms. The van der Waals surface area contributed by atoms with Gasteiger partial charge in [-0.3, -0.25) is 0 Å². The Bertz CT molecular complexity index is 552. The SMILES string of the molecule is CCCC1CC1NS(=O)(=O)c1cc(CNCC)sc1C. The maximum Gasteiger partial charge on any atom is 0.241 e. The standard InChI is InChI=1S/C14H24N2O2S2/c1-4-6-11-7-13(11)16-20(17,18)14-8-12(9-15-5-2)19-10(14)3/h8,11,13,15-16H,4-7,9H2,1-3H3. The second kappa shape index (κ2) is 6.56. The van der Waals surface area contributed by atoms with Crippen molar-refractivity contribution in [2.75, 3.05) is 6.54 Å². The molecular weight excluding hydrogens is 292 g/mol. The first-order valence-electron chi connectivity index (χ1n) is 7.30. The normalized spacial score (nSPS) is 22.1. The first-order valence-corrected chi connectivity index (χ1v) is 9.60. The Balaban J connectivity index is 2.04. The van der Waals surface area contributed by atoms with E-state index in [-0.39, 0.29) is 6.04 Å². The molecule has 1 saturated carbocycles. The molecule has 4 nitrogen and oxygen atoms in total. The molecule has 0 radical (unpaired) electrons. The molecule has 1 aliphatic rings. The van der Waals surface area contributed by atoms with Gasteiger partial charge in [-0.25, -0.2) is 13.1 Å². The summed E-state index contributed by atoms with van der Waals surface area (Å²) in [6, 6.07) is 1.96. The average molecular weight is 316 g/mol. The molecule has 0 amide bonds. The highest BCUT2D eigenvalue weighted by atomic mass is 32.2. The van der Waals surface area contributed by atoms with Crippen LogP contribution in [0.2, 0.25) is 0 Å². The van der Waals surface area contributed by atoms with Gasteiger partial charge in [-0.15, -0.1) is 11.3 Å². The minimum absolute atomic E-state index is 0.150. The van der Waals surface area contributed by atoms with Crippen molar-refractivity contribution < 1.29 is 8.42 Å². The van der Waals surface area contributed by atoms with Crippen LogP contribution in [0.3, 0.4) is 0 Å². The summed E-state index contributed by atoms with van der Waals surface area (Å²) in [5, 5.41) is 3.23. The molecule has 1 aliphatic carbocycles. The van der Waals surface area contributed by atoms with E-state index in [0.29, 0.717) is 10.8 Å². The fraction of sp³-hybridized carbons (Fsp3) is 0.714. The van der Waals surface area contributed by atoms with E-state index < -0.39 is 10.0 Å². The zero-order valence-electron chi connectivity index (χ0n) is 12.4. The molecule has 2 N–H and O–H groups in total. The highest BCUT2D eigenvalue weighted by Crippen LogP contribution is 2.36. The highest BCUT2D eigenvalue weighted by molar-refractivity contribution is 7.89. The van der Waals surface area contributed by atoms with Gasteiger partial charge in [0.2, 0.25) is 10.0 Å². The Kier molecular flexibility index (Phi) is 5.23. The van der Waals surface area contributed by atoms with Crippen LogP contribution in [0.15, 0.2) is 11.0 Å². The molecule has 2 atom stereocenters. The molecule has 2 rings (SSSR count). The number of rotatable bonds is 8. The maximum absolute atomic E-state index is 12.4. The Morgan fingerprint density at radius 2 is 2.15 bits per heavy atom. The topological polar surface area (TPSA) is 58.2 Å². The van der Waals surface area contributed by atoms with Crippen molar-refractivity contribution in [1.82, 2.24) is 10.0 Å². The third-order valence-corrected chi connectivity index (χ3v) is 6.45. The molecule has 0 aromatic carbocycles. The van der Waals surface area contributed by atoms with Gasteiger partial charge in [0, 0.05) is 22.3 Å². The zero-order chi connectivity index (χ0) is 14.8. The zero-order valence-corrected chi connectivity index (χ0v) is 14.0. The van der Waals surface area contributed by atoms with Crippen LogP contribution in [0.25, 0.3) is 0 Å². The summed E-state index contributed by atoms with van der Waals surface area (Å²) >= 11 is 1.56. The van der Waals surface area contributed by atoms with Crippen molar-refractivity contribution in [2.45, 2.75) is 57.5 Å². The van der Waals surface area contributed by atoms with Gasteiger partial charge in [0.15, 0.2) is 0 Å². The molecule has 2 unspecified atom stereocenters. The van der Waals surface area contributed by atoms with Gasteiger partial charge in [-0.2, -0.15) is 0 Å². The van der Waals surface area contributed by atoms with Crippen LogP contribution in [0.4, 0.5) is 0 Å². The van der Waals surface area contributed by atoms with Gasteiger partial charge in [-0.1, -0.05) is 20.3 Å². The van der Waals surface area contributed by atoms with Crippen LogP contribution in [0, 0.1) is 12.8 Å². The molecule has 0 bridgehead atoms. The number of thiophene rings is 1. The molecule has 6 heteroatoms. The average Bonchev–Trinajstić information content (AvgIpc) is 2.96. The second-order valence-electron chi connectivity index (χ2n) is 5.43. The summed E-state index contributed by atoms with van der Waals surface area (Å²) in [5.41, 5.74) is 0. The summed E-state index contributed by atoms with van der Waals surface area (Å²) in [6.45, 7) is 7.68. The van der Waals surface area contributed by atoms with Crippen LogP contribution >= 0.6 is 11.3 Å². The molecule has 1 fully saturated rings. The van der Waals surface area contributed by atoms with Crippen LogP contribution in [-0.4, -0.2) is 21.0 Å². The predicted molar refractivity (Wildman–Crippen MR) is 83.6 cm³/mol. The molecule has 0 saturated heterocycles. The molecule has 114 valence electrons. The largest absolute Gasteiger partial charge is 0.312 e. The van der Waals surface area contributed by atoms with E-state index in [1.165, 1.54) is 0 Å². The molecular formula is C14H24N2O2S2. The molecule has 1 heterocycles. The molecule has 0 spiro atoms. The second-order valence-corrected chi connectivity index (χ2v) is 8.45. The molecule has 0 aliphatic heterocycles. The van der Waals surface area contributed by atoms with E-state index >= 15 is 0 Å².